The van der Waals surface area contributed by atoms with Crippen molar-refractivity contribution in [1.82, 2.24) is 9.97 Å². The molecule has 1 amide bonds. The van der Waals surface area contributed by atoms with Crippen molar-refractivity contribution >= 4 is 17.9 Å². The van der Waals surface area contributed by atoms with E-state index in [1.807, 2.05) is 6.92 Å². The van der Waals surface area contributed by atoms with Crippen molar-refractivity contribution in [3.63, 3.8) is 0 Å². The molecule has 2 aromatic rings. The molecule has 8 nitrogen and oxygen atoms in total. The molecule has 1 aromatic heterocycles. The molecular weight excluding hydrogens is 470 g/mol. The van der Waals surface area contributed by atoms with Gasteiger partial charge in [0.25, 0.3) is 6.43 Å². The Morgan fingerprint density at radius 3 is 2.40 bits per heavy atom. The Balaban J connectivity index is 0.000000271. The average Bonchev–Trinajstić information content (AvgIpc) is 2.83. The van der Waals surface area contributed by atoms with Gasteiger partial charge in [-0.15, -0.1) is 0 Å². The van der Waals surface area contributed by atoms with Gasteiger partial charge in [0.1, 0.15) is 11.9 Å². The quantitative estimate of drug-likeness (QED) is 0.415. The number of aryl methyl sites for hydroxylation is 1. The first-order valence-corrected chi connectivity index (χ1v) is 10.8. The van der Waals surface area contributed by atoms with E-state index < -0.39 is 19.3 Å². The summed E-state index contributed by atoms with van der Waals surface area (Å²) in [5.41, 5.74) is 7.08. The second kappa shape index (κ2) is 16.4. The lowest BCUT2D eigenvalue weighted by Gasteiger charge is -2.32. The molecule has 1 aliphatic rings. The summed E-state index contributed by atoms with van der Waals surface area (Å²) in [5.74, 6) is 0.414. The second-order valence-corrected chi connectivity index (χ2v) is 7.44. The van der Waals surface area contributed by atoms with Crippen molar-refractivity contribution in [2.75, 3.05) is 25.9 Å². The Morgan fingerprint density at radius 1 is 1.23 bits per heavy atom. The molecule has 3 rings (SSSR count). The Labute approximate surface area is 202 Å². The number of halogens is 4. The number of amidine groups is 1. The van der Waals surface area contributed by atoms with Crippen molar-refractivity contribution in [2.24, 2.45) is 22.6 Å². The van der Waals surface area contributed by atoms with Crippen LogP contribution in [0.2, 0.25) is 0 Å². The standard InChI is InChI=1S/C10H18F2N2O.C7H6FNO.C6H7FN2O/c1-3-7-6(5-15-2)4-8(9(11)12)14-10(7)13;8-6-1-3-7(4-2-6)9-5-10;1-5-2-9-6(3-8-5)10-4-7/h6-9H,3-5H2,1-2H3,(H2,13,14);1-5H,(H,9,10);2-3H,4H2,1H3/t6-,7?,8?;;/m0../s1. The van der Waals surface area contributed by atoms with Crippen LogP contribution in [0.15, 0.2) is 41.7 Å². The first-order chi connectivity index (χ1) is 16.7. The number of nitrogens with zero attached hydrogens (tertiary/aromatic N) is 3. The monoisotopic (exact) mass is 501 g/mol. The fourth-order valence-corrected chi connectivity index (χ4v) is 3.28. The summed E-state index contributed by atoms with van der Waals surface area (Å²) in [6.45, 7) is 3.39. The molecule has 3 N–H and O–H groups in total. The number of aliphatic imine (C=N–C) groups is 1. The Kier molecular flexibility index (Phi) is 13.9. The highest BCUT2D eigenvalue weighted by atomic mass is 19.3. The van der Waals surface area contributed by atoms with Crippen molar-refractivity contribution in [3.8, 4) is 5.88 Å². The highest BCUT2D eigenvalue weighted by molar-refractivity contribution is 5.84. The Bertz CT molecular complexity index is 886. The number of carbonyl (C=O) groups excluding carboxylic acids is 1. The molecule has 1 aromatic carbocycles. The molecule has 2 unspecified atom stereocenters. The van der Waals surface area contributed by atoms with E-state index >= 15 is 0 Å². The van der Waals surface area contributed by atoms with Gasteiger partial charge in [-0.25, -0.2) is 22.5 Å². The van der Waals surface area contributed by atoms with Crippen LogP contribution in [0.3, 0.4) is 0 Å². The summed E-state index contributed by atoms with van der Waals surface area (Å²) in [6, 6.07) is 4.60. The number of hydrogen-bond donors (Lipinski definition) is 2. The zero-order valence-electron chi connectivity index (χ0n) is 19.8. The van der Waals surface area contributed by atoms with E-state index in [0.717, 1.165) is 12.1 Å². The van der Waals surface area contributed by atoms with Crippen LogP contribution in [0.1, 0.15) is 25.5 Å². The van der Waals surface area contributed by atoms with Gasteiger partial charge in [0.05, 0.1) is 23.9 Å². The molecule has 0 bridgehead atoms. The minimum Gasteiger partial charge on any atom is -0.445 e. The topological polar surface area (TPSA) is 112 Å². The number of anilines is 1. The van der Waals surface area contributed by atoms with Crippen LogP contribution in [-0.2, 0) is 9.53 Å². The molecule has 0 radical (unpaired) electrons. The number of alkyl halides is 3. The number of aromatic nitrogens is 2. The van der Waals surface area contributed by atoms with E-state index in [0.29, 0.717) is 31.0 Å². The first kappa shape index (κ1) is 29.8. The highest BCUT2D eigenvalue weighted by Gasteiger charge is 2.34. The lowest BCUT2D eigenvalue weighted by molar-refractivity contribution is -0.105. The van der Waals surface area contributed by atoms with Crippen LogP contribution in [0, 0.1) is 24.6 Å². The molecule has 0 saturated heterocycles. The van der Waals surface area contributed by atoms with Gasteiger partial charge in [0.15, 0.2) is 0 Å². The van der Waals surface area contributed by atoms with Gasteiger partial charge >= 0.3 is 0 Å². The van der Waals surface area contributed by atoms with Crippen LogP contribution >= 0.6 is 0 Å². The van der Waals surface area contributed by atoms with Crippen LogP contribution < -0.4 is 15.8 Å². The zero-order valence-corrected chi connectivity index (χ0v) is 19.8. The third-order valence-corrected chi connectivity index (χ3v) is 4.95. The molecule has 3 atom stereocenters. The Morgan fingerprint density at radius 2 is 1.91 bits per heavy atom. The molecule has 0 fully saturated rings. The minimum atomic E-state index is -2.43. The number of carbonyl (C=O) groups is 1. The average molecular weight is 502 g/mol. The molecule has 0 aliphatic carbocycles. The Hall–Kier alpha value is -3.28. The molecular formula is C23H31F4N5O3. The van der Waals surface area contributed by atoms with E-state index in [2.05, 4.69) is 25.0 Å². The van der Waals surface area contributed by atoms with Gasteiger partial charge < -0.3 is 20.5 Å². The number of ether oxygens (including phenoxy) is 2. The number of benzene rings is 1. The largest absolute Gasteiger partial charge is 0.445 e. The fraction of sp³-hybridized carbons (Fsp3) is 0.478. The van der Waals surface area contributed by atoms with Gasteiger partial charge in [0.2, 0.25) is 19.2 Å². The van der Waals surface area contributed by atoms with Crippen molar-refractivity contribution < 1.29 is 31.8 Å². The molecule has 2 heterocycles. The van der Waals surface area contributed by atoms with Gasteiger partial charge in [-0.05, 0) is 49.9 Å². The number of methoxy groups -OCH3 is 1. The van der Waals surface area contributed by atoms with E-state index in [9.17, 15) is 22.4 Å². The predicted octanol–water partition coefficient (Wildman–Crippen LogP) is 4.15. The van der Waals surface area contributed by atoms with Crippen LogP contribution in [-0.4, -0.2) is 55.3 Å². The summed E-state index contributed by atoms with van der Waals surface area (Å²) in [7, 11) is 1.58. The number of amides is 1. The predicted molar refractivity (Wildman–Crippen MR) is 125 cm³/mol. The van der Waals surface area contributed by atoms with E-state index in [4.69, 9.17) is 10.5 Å². The third-order valence-electron chi connectivity index (χ3n) is 4.95. The maximum Gasteiger partial charge on any atom is 0.260 e. The van der Waals surface area contributed by atoms with E-state index in [-0.39, 0.29) is 23.5 Å². The van der Waals surface area contributed by atoms with Gasteiger partial charge in [-0.3, -0.25) is 14.8 Å². The first-order valence-electron chi connectivity index (χ1n) is 10.8. The number of nitrogens with two attached hydrogens (primary N) is 1. The smallest absolute Gasteiger partial charge is 0.260 e. The summed E-state index contributed by atoms with van der Waals surface area (Å²) >= 11 is 0. The second-order valence-electron chi connectivity index (χ2n) is 7.44. The van der Waals surface area contributed by atoms with E-state index in [1.54, 1.807) is 14.0 Å². The lowest BCUT2D eigenvalue weighted by atomic mass is 9.82. The summed E-state index contributed by atoms with van der Waals surface area (Å²) < 4.78 is 58.2. The fourth-order valence-electron chi connectivity index (χ4n) is 3.28. The highest BCUT2D eigenvalue weighted by Crippen LogP contribution is 2.30. The third kappa shape index (κ3) is 11.1. The van der Waals surface area contributed by atoms with Crippen LogP contribution in [0.4, 0.5) is 23.2 Å². The van der Waals surface area contributed by atoms with Crippen molar-refractivity contribution in [1.29, 1.82) is 0 Å². The molecule has 12 heteroatoms. The molecule has 0 spiro atoms. The van der Waals surface area contributed by atoms with Crippen LogP contribution in [0.5, 0.6) is 5.88 Å². The summed E-state index contributed by atoms with van der Waals surface area (Å²) in [6.07, 6.45) is 2.21. The molecule has 35 heavy (non-hydrogen) atoms. The molecule has 0 saturated carbocycles. The van der Waals surface area contributed by atoms with Crippen LogP contribution in [0.25, 0.3) is 0 Å². The maximum atomic E-state index is 12.5. The van der Waals surface area contributed by atoms with Crippen molar-refractivity contribution in [3.05, 3.63) is 48.2 Å². The maximum absolute atomic E-state index is 12.5. The van der Waals surface area contributed by atoms with Gasteiger partial charge in [-0.1, -0.05) is 6.92 Å². The number of rotatable bonds is 8. The number of nitrogens with one attached hydrogen (secondary N) is 1. The van der Waals surface area contributed by atoms with E-state index in [1.165, 1.54) is 36.7 Å². The van der Waals surface area contributed by atoms with Crippen molar-refractivity contribution in [2.45, 2.75) is 39.2 Å². The van der Waals surface area contributed by atoms with Gasteiger partial charge in [0, 0.05) is 25.3 Å². The minimum absolute atomic E-state index is 0.0662. The normalized spacial score (nSPS) is 18.9. The summed E-state index contributed by atoms with van der Waals surface area (Å²) in [4.78, 5) is 21.3. The van der Waals surface area contributed by atoms with Gasteiger partial charge in [-0.2, -0.15) is 0 Å². The molecule has 194 valence electrons. The number of hydrogen-bond acceptors (Lipinski definition) is 7. The lowest BCUT2D eigenvalue weighted by Crippen LogP contribution is -2.41. The molecule has 1 aliphatic heterocycles. The SMILES string of the molecule is CCC1C(N)=NC(C(F)F)C[C@H]1COC.Cc1cnc(OCF)cn1.O=CNc1ccc(F)cc1. The zero-order chi connectivity index (χ0) is 26.2. The summed E-state index contributed by atoms with van der Waals surface area (Å²) in [5, 5.41) is 2.39.